The Kier molecular flexibility index (Phi) is 5.15. The van der Waals surface area contributed by atoms with Crippen molar-refractivity contribution in [2.45, 2.75) is 11.4 Å². The van der Waals surface area contributed by atoms with Crippen LogP contribution in [0.1, 0.15) is 5.56 Å². The van der Waals surface area contributed by atoms with Gasteiger partial charge in [0.25, 0.3) is 0 Å². The first-order valence-electron chi connectivity index (χ1n) is 8.12. The van der Waals surface area contributed by atoms with E-state index in [1.165, 1.54) is 4.31 Å². The van der Waals surface area contributed by atoms with E-state index >= 15 is 0 Å². The summed E-state index contributed by atoms with van der Waals surface area (Å²) in [5.41, 5.74) is 0.685. The third-order valence-electron chi connectivity index (χ3n) is 4.34. The second-order valence-corrected chi connectivity index (χ2v) is 7.96. The van der Waals surface area contributed by atoms with Crippen molar-refractivity contribution < 1.29 is 17.9 Å². The van der Waals surface area contributed by atoms with Gasteiger partial charge in [-0.05, 0) is 35.0 Å². The van der Waals surface area contributed by atoms with E-state index in [2.05, 4.69) is 0 Å². The van der Waals surface area contributed by atoms with E-state index in [1.54, 1.807) is 51.6 Å². The van der Waals surface area contributed by atoms with Crippen LogP contribution in [0.3, 0.4) is 0 Å². The minimum absolute atomic E-state index is 0.141. The summed E-state index contributed by atoms with van der Waals surface area (Å²) in [6.45, 7) is 0.141. The number of hydrogen-bond acceptors (Lipinski definition) is 4. The molecule has 0 aliphatic rings. The van der Waals surface area contributed by atoms with E-state index in [0.29, 0.717) is 17.1 Å². The second-order valence-electron chi connectivity index (χ2n) is 5.91. The number of ether oxygens (including phenoxy) is 2. The highest BCUT2D eigenvalue weighted by molar-refractivity contribution is 7.89. The Morgan fingerprint density at radius 1 is 0.846 bits per heavy atom. The van der Waals surface area contributed by atoms with Crippen LogP contribution in [0.4, 0.5) is 0 Å². The molecule has 0 spiro atoms. The Hall–Kier alpha value is -2.57. The van der Waals surface area contributed by atoms with Gasteiger partial charge in [-0.15, -0.1) is 0 Å². The van der Waals surface area contributed by atoms with Crippen LogP contribution in [0.2, 0.25) is 0 Å². The van der Waals surface area contributed by atoms with Gasteiger partial charge in [0.2, 0.25) is 10.0 Å². The van der Waals surface area contributed by atoms with Gasteiger partial charge >= 0.3 is 0 Å². The Bertz CT molecular complexity index is 1010. The monoisotopic (exact) mass is 371 g/mol. The molecule has 0 fully saturated rings. The van der Waals surface area contributed by atoms with Gasteiger partial charge in [0.05, 0.1) is 24.7 Å². The molecular weight excluding hydrogens is 350 g/mol. The topological polar surface area (TPSA) is 55.8 Å². The van der Waals surface area contributed by atoms with Crippen molar-refractivity contribution in [1.29, 1.82) is 0 Å². The predicted octanol–water partition coefficient (Wildman–Crippen LogP) is 3.68. The molecule has 0 aromatic heterocycles. The minimum Gasteiger partial charge on any atom is -0.496 e. The number of nitrogens with zero attached hydrogens (tertiary/aromatic N) is 1. The van der Waals surface area contributed by atoms with E-state index < -0.39 is 10.0 Å². The Morgan fingerprint density at radius 3 is 2.08 bits per heavy atom. The van der Waals surface area contributed by atoms with Gasteiger partial charge in [0, 0.05) is 13.6 Å². The molecule has 0 aliphatic carbocycles. The van der Waals surface area contributed by atoms with Gasteiger partial charge in [-0.25, -0.2) is 8.42 Å². The summed E-state index contributed by atoms with van der Waals surface area (Å²) in [5.74, 6) is 1.18. The second kappa shape index (κ2) is 7.35. The lowest BCUT2D eigenvalue weighted by Crippen LogP contribution is -2.27. The molecule has 0 aliphatic heterocycles. The van der Waals surface area contributed by atoms with Crippen molar-refractivity contribution in [3.05, 3.63) is 66.2 Å². The fraction of sp³-hybridized carbons (Fsp3) is 0.200. The van der Waals surface area contributed by atoms with Crippen LogP contribution in [-0.2, 0) is 16.6 Å². The molecule has 0 amide bonds. The molecule has 136 valence electrons. The number of methoxy groups -OCH3 is 2. The lowest BCUT2D eigenvalue weighted by atomic mass is 10.1. The maximum atomic E-state index is 13.0. The molecular formula is C20H21NO4S. The largest absolute Gasteiger partial charge is 0.496 e. The third kappa shape index (κ3) is 3.38. The summed E-state index contributed by atoms with van der Waals surface area (Å²) in [6.07, 6.45) is 0. The molecule has 26 heavy (non-hydrogen) atoms. The van der Waals surface area contributed by atoms with E-state index in [0.717, 1.165) is 10.8 Å². The van der Waals surface area contributed by atoms with E-state index in [-0.39, 0.29) is 11.4 Å². The van der Waals surface area contributed by atoms with Gasteiger partial charge in [0.15, 0.2) is 0 Å². The maximum absolute atomic E-state index is 13.0. The van der Waals surface area contributed by atoms with Crippen LogP contribution >= 0.6 is 0 Å². The molecule has 3 aromatic rings. The number of rotatable bonds is 6. The third-order valence-corrected chi connectivity index (χ3v) is 6.14. The van der Waals surface area contributed by atoms with Gasteiger partial charge in [-0.2, -0.15) is 4.31 Å². The van der Waals surface area contributed by atoms with Crippen LogP contribution in [0, 0.1) is 0 Å². The quantitative estimate of drug-likeness (QED) is 0.663. The highest BCUT2D eigenvalue weighted by Gasteiger charge is 2.24. The summed E-state index contributed by atoms with van der Waals surface area (Å²) >= 11 is 0. The van der Waals surface area contributed by atoms with Crippen molar-refractivity contribution in [1.82, 2.24) is 4.31 Å². The summed E-state index contributed by atoms with van der Waals surface area (Å²) < 4.78 is 38.1. The van der Waals surface area contributed by atoms with Crippen molar-refractivity contribution in [3.8, 4) is 11.5 Å². The fourth-order valence-electron chi connectivity index (χ4n) is 2.90. The van der Waals surface area contributed by atoms with E-state index in [4.69, 9.17) is 9.47 Å². The van der Waals surface area contributed by atoms with E-state index in [9.17, 15) is 8.42 Å². The average molecular weight is 371 g/mol. The van der Waals surface area contributed by atoms with Gasteiger partial charge in [-0.1, -0.05) is 36.4 Å². The van der Waals surface area contributed by atoms with E-state index in [1.807, 2.05) is 30.3 Å². The fourth-order valence-corrected chi connectivity index (χ4v) is 4.07. The van der Waals surface area contributed by atoms with Crippen LogP contribution in [0.25, 0.3) is 10.8 Å². The first-order chi connectivity index (χ1) is 12.5. The van der Waals surface area contributed by atoms with Crippen molar-refractivity contribution in [2.75, 3.05) is 21.3 Å². The molecule has 3 aromatic carbocycles. The smallest absolute Gasteiger partial charge is 0.243 e. The van der Waals surface area contributed by atoms with Crippen molar-refractivity contribution in [2.24, 2.45) is 0 Å². The van der Waals surface area contributed by atoms with Crippen molar-refractivity contribution >= 4 is 20.8 Å². The first-order valence-corrected chi connectivity index (χ1v) is 9.56. The van der Waals surface area contributed by atoms with Gasteiger partial charge < -0.3 is 9.47 Å². The molecule has 0 atom stereocenters. The number of sulfonamides is 1. The Labute approximate surface area is 153 Å². The lowest BCUT2D eigenvalue weighted by Gasteiger charge is -2.20. The molecule has 0 bridgehead atoms. The molecule has 5 nitrogen and oxygen atoms in total. The number of fused-ring (bicyclic) bond motifs is 1. The molecule has 3 rings (SSSR count). The Morgan fingerprint density at radius 2 is 1.46 bits per heavy atom. The zero-order valence-corrected chi connectivity index (χ0v) is 15.8. The maximum Gasteiger partial charge on any atom is 0.243 e. The number of benzene rings is 3. The molecule has 0 unspecified atom stereocenters. The summed E-state index contributed by atoms with van der Waals surface area (Å²) in [7, 11) is 0.999. The van der Waals surface area contributed by atoms with Gasteiger partial charge in [-0.3, -0.25) is 0 Å². The zero-order chi connectivity index (χ0) is 18.7. The molecule has 0 saturated heterocycles. The zero-order valence-electron chi connectivity index (χ0n) is 15.0. The SMILES string of the molecule is COc1cccc(OC)c1CN(C)S(=O)(=O)c1ccc2ccccc2c1. The average Bonchev–Trinajstić information content (AvgIpc) is 2.67. The highest BCUT2D eigenvalue weighted by Crippen LogP contribution is 2.31. The molecule has 6 heteroatoms. The van der Waals surface area contributed by atoms with Crippen molar-refractivity contribution in [3.63, 3.8) is 0 Å². The molecule has 0 N–H and O–H groups in total. The summed E-state index contributed by atoms with van der Waals surface area (Å²) in [4.78, 5) is 0.257. The molecule has 0 heterocycles. The first kappa shape index (κ1) is 18.2. The van der Waals surface area contributed by atoms with Gasteiger partial charge in [0.1, 0.15) is 11.5 Å². The standard InChI is InChI=1S/C20H21NO4S/c1-21(14-18-19(24-2)9-6-10-20(18)25-3)26(22,23)17-12-11-15-7-4-5-8-16(15)13-17/h4-13H,14H2,1-3H3. The van der Waals surface area contributed by atoms with Crippen LogP contribution < -0.4 is 9.47 Å². The summed E-state index contributed by atoms with van der Waals surface area (Å²) in [5, 5.41) is 1.89. The van der Waals surface area contributed by atoms with Crippen LogP contribution in [0.5, 0.6) is 11.5 Å². The highest BCUT2D eigenvalue weighted by atomic mass is 32.2. The van der Waals surface area contributed by atoms with Crippen LogP contribution in [0.15, 0.2) is 65.6 Å². The Balaban J connectivity index is 1.97. The molecule has 0 saturated carbocycles. The predicted molar refractivity (Wildman–Crippen MR) is 102 cm³/mol. The minimum atomic E-state index is -3.66. The lowest BCUT2D eigenvalue weighted by molar-refractivity contribution is 0.371. The molecule has 0 radical (unpaired) electrons. The number of hydrogen-bond donors (Lipinski definition) is 0. The summed E-state index contributed by atoms with van der Waals surface area (Å²) in [6, 6.07) is 18.2. The van der Waals surface area contributed by atoms with Crippen LogP contribution in [-0.4, -0.2) is 34.0 Å². The normalized spacial score (nSPS) is 11.7.